The molecule has 1 amide bonds. The number of carbonyl (C=O) groups is 1. The lowest BCUT2D eigenvalue weighted by Crippen LogP contribution is -2.53. The van der Waals surface area contributed by atoms with Crippen molar-refractivity contribution in [3.05, 3.63) is 29.8 Å². The van der Waals surface area contributed by atoms with E-state index >= 15 is 0 Å². The molecule has 18 heavy (non-hydrogen) atoms. The van der Waals surface area contributed by atoms with Crippen molar-refractivity contribution in [1.82, 2.24) is 4.90 Å². The predicted octanol–water partition coefficient (Wildman–Crippen LogP) is 1.65. The molecule has 0 spiro atoms. The number of nitrogens with zero attached hydrogens (tertiary/aromatic N) is 1. The Balaban J connectivity index is 1.74. The van der Waals surface area contributed by atoms with E-state index in [0.29, 0.717) is 30.2 Å². The highest BCUT2D eigenvalue weighted by molar-refractivity contribution is 7.99. The van der Waals surface area contributed by atoms with Gasteiger partial charge < -0.3 is 10.0 Å². The zero-order chi connectivity index (χ0) is 13.1. The smallest absolute Gasteiger partial charge is 0.223 e. The molecule has 98 valence electrons. The first-order chi connectivity index (χ1) is 8.56. The van der Waals surface area contributed by atoms with E-state index in [4.69, 9.17) is 5.11 Å². The summed E-state index contributed by atoms with van der Waals surface area (Å²) in [6.07, 6.45) is -0.0658. The number of carbonyl (C=O) groups excluding carboxylic acids is 1. The molecular formula is C12H13F2NO2S. The first-order valence-electron chi connectivity index (χ1n) is 5.60. The van der Waals surface area contributed by atoms with Crippen LogP contribution in [0.15, 0.2) is 23.1 Å². The summed E-state index contributed by atoms with van der Waals surface area (Å²) in [5.41, 5.74) is 0. The summed E-state index contributed by atoms with van der Waals surface area (Å²) in [4.78, 5) is 13.7. The van der Waals surface area contributed by atoms with Crippen molar-refractivity contribution >= 4 is 17.7 Å². The quantitative estimate of drug-likeness (QED) is 0.848. The van der Waals surface area contributed by atoms with Gasteiger partial charge in [-0.2, -0.15) is 0 Å². The van der Waals surface area contributed by atoms with Crippen LogP contribution in [0.25, 0.3) is 0 Å². The lowest BCUT2D eigenvalue weighted by atomic mass is 10.1. The number of halogens is 2. The first kappa shape index (κ1) is 13.3. The highest BCUT2D eigenvalue weighted by Crippen LogP contribution is 2.21. The molecule has 6 heteroatoms. The van der Waals surface area contributed by atoms with Gasteiger partial charge in [0.1, 0.15) is 0 Å². The van der Waals surface area contributed by atoms with Gasteiger partial charge in [-0.1, -0.05) is 0 Å². The minimum Gasteiger partial charge on any atom is -0.389 e. The van der Waals surface area contributed by atoms with Gasteiger partial charge in [-0.05, 0) is 18.2 Å². The van der Waals surface area contributed by atoms with Crippen LogP contribution in [-0.4, -0.2) is 40.9 Å². The van der Waals surface area contributed by atoms with Crippen molar-refractivity contribution in [1.29, 1.82) is 0 Å². The fourth-order valence-electron chi connectivity index (χ4n) is 1.64. The fraction of sp³-hybridized carbons (Fsp3) is 0.417. The number of β-amino-alcohol motifs (C(OH)–C–C–N with tert-alkyl or cyclic N) is 1. The van der Waals surface area contributed by atoms with Gasteiger partial charge in [-0.25, -0.2) is 8.78 Å². The summed E-state index contributed by atoms with van der Waals surface area (Å²) >= 11 is 1.31. The maximum Gasteiger partial charge on any atom is 0.223 e. The Kier molecular flexibility index (Phi) is 4.19. The second-order valence-corrected chi connectivity index (χ2v) is 5.30. The monoisotopic (exact) mass is 273 g/mol. The molecule has 0 bridgehead atoms. The number of hydrogen-bond acceptors (Lipinski definition) is 3. The Labute approximate surface area is 108 Å². The molecular weight excluding hydrogens is 260 g/mol. The van der Waals surface area contributed by atoms with Crippen LogP contribution in [0.3, 0.4) is 0 Å². The van der Waals surface area contributed by atoms with Crippen LogP contribution in [0.4, 0.5) is 8.78 Å². The van der Waals surface area contributed by atoms with E-state index in [1.807, 2.05) is 0 Å². The highest BCUT2D eigenvalue weighted by Gasteiger charge is 2.27. The first-order valence-corrected chi connectivity index (χ1v) is 6.58. The molecule has 0 atom stereocenters. The summed E-state index contributed by atoms with van der Waals surface area (Å²) < 4.78 is 25.6. The molecule has 1 aliphatic rings. The topological polar surface area (TPSA) is 40.5 Å². The van der Waals surface area contributed by atoms with Gasteiger partial charge in [-0.15, -0.1) is 11.8 Å². The number of aliphatic hydroxyl groups excluding tert-OH is 1. The van der Waals surface area contributed by atoms with E-state index in [-0.39, 0.29) is 5.91 Å². The molecule has 0 aromatic heterocycles. The summed E-state index contributed by atoms with van der Waals surface area (Å²) in [5, 5.41) is 9.05. The molecule has 1 saturated heterocycles. The Morgan fingerprint density at radius 2 is 2.11 bits per heavy atom. The number of hydrogen-bond donors (Lipinski definition) is 1. The third-order valence-corrected chi connectivity index (χ3v) is 3.69. The van der Waals surface area contributed by atoms with Crippen LogP contribution < -0.4 is 0 Å². The third-order valence-electron chi connectivity index (χ3n) is 2.69. The Morgan fingerprint density at radius 3 is 2.72 bits per heavy atom. The van der Waals surface area contributed by atoms with Crippen LogP contribution in [-0.2, 0) is 4.79 Å². The number of amides is 1. The molecule has 1 fully saturated rings. The molecule has 1 N–H and O–H groups in total. The van der Waals surface area contributed by atoms with E-state index < -0.39 is 17.7 Å². The molecule has 1 aliphatic heterocycles. The SMILES string of the molecule is O=C(CCSc1ccc(F)c(F)c1)N1CC(O)C1. The Bertz CT molecular complexity index is 450. The molecule has 0 aliphatic carbocycles. The van der Waals surface area contributed by atoms with E-state index in [0.717, 1.165) is 12.1 Å². The van der Waals surface area contributed by atoms with Crippen molar-refractivity contribution in [2.45, 2.75) is 17.4 Å². The van der Waals surface area contributed by atoms with Gasteiger partial charge in [0.15, 0.2) is 11.6 Å². The molecule has 3 nitrogen and oxygen atoms in total. The Morgan fingerprint density at radius 1 is 1.39 bits per heavy atom. The summed E-state index contributed by atoms with van der Waals surface area (Å²) in [6, 6.07) is 3.68. The zero-order valence-corrected chi connectivity index (χ0v) is 10.4. The summed E-state index contributed by atoms with van der Waals surface area (Å²) in [7, 11) is 0. The molecule has 0 saturated carbocycles. The second kappa shape index (κ2) is 5.67. The van der Waals surface area contributed by atoms with Crippen LogP contribution in [0, 0.1) is 11.6 Å². The standard InChI is InChI=1S/C12H13F2NO2S/c13-10-2-1-9(5-11(10)14)18-4-3-12(17)15-6-8(16)7-15/h1-2,5,8,16H,3-4,6-7H2. The lowest BCUT2D eigenvalue weighted by Gasteiger charge is -2.35. The average molecular weight is 273 g/mol. The van der Waals surface area contributed by atoms with E-state index in [2.05, 4.69) is 0 Å². The third kappa shape index (κ3) is 3.20. The van der Waals surface area contributed by atoms with Gasteiger partial charge in [-0.3, -0.25) is 4.79 Å². The van der Waals surface area contributed by atoms with Gasteiger partial charge >= 0.3 is 0 Å². The van der Waals surface area contributed by atoms with Crippen molar-refractivity contribution in [3.63, 3.8) is 0 Å². The van der Waals surface area contributed by atoms with Crippen LogP contribution >= 0.6 is 11.8 Å². The largest absolute Gasteiger partial charge is 0.389 e. The minimum absolute atomic E-state index is 0.0182. The van der Waals surface area contributed by atoms with Crippen molar-refractivity contribution < 1.29 is 18.7 Å². The molecule has 2 rings (SSSR count). The van der Waals surface area contributed by atoms with Gasteiger partial charge in [0, 0.05) is 30.2 Å². The Hall–Kier alpha value is -1.14. The van der Waals surface area contributed by atoms with Crippen LogP contribution in [0.5, 0.6) is 0 Å². The van der Waals surface area contributed by atoms with E-state index in [1.165, 1.54) is 17.8 Å². The van der Waals surface area contributed by atoms with Gasteiger partial charge in [0.05, 0.1) is 6.10 Å². The van der Waals surface area contributed by atoms with Gasteiger partial charge in [0.25, 0.3) is 0 Å². The molecule has 0 unspecified atom stereocenters. The fourth-order valence-corrected chi connectivity index (χ4v) is 2.50. The predicted molar refractivity (Wildman–Crippen MR) is 64.3 cm³/mol. The normalized spacial score (nSPS) is 15.6. The summed E-state index contributed by atoms with van der Waals surface area (Å²) in [6.45, 7) is 0.795. The number of benzene rings is 1. The number of thioether (sulfide) groups is 1. The van der Waals surface area contributed by atoms with Crippen LogP contribution in [0.2, 0.25) is 0 Å². The average Bonchev–Trinajstić information content (AvgIpc) is 2.29. The lowest BCUT2D eigenvalue weighted by molar-refractivity contribution is -0.140. The number of aliphatic hydroxyl groups is 1. The number of rotatable bonds is 4. The maximum atomic E-state index is 12.9. The van der Waals surface area contributed by atoms with Crippen molar-refractivity contribution in [2.75, 3.05) is 18.8 Å². The minimum atomic E-state index is -0.878. The molecule has 0 radical (unpaired) electrons. The van der Waals surface area contributed by atoms with E-state index in [9.17, 15) is 13.6 Å². The van der Waals surface area contributed by atoms with E-state index in [1.54, 1.807) is 4.90 Å². The number of likely N-dealkylation sites (tertiary alicyclic amines) is 1. The second-order valence-electron chi connectivity index (χ2n) is 4.13. The summed E-state index contributed by atoms with van der Waals surface area (Å²) in [5.74, 6) is -1.26. The molecule has 1 aromatic carbocycles. The highest BCUT2D eigenvalue weighted by atomic mass is 32.2. The van der Waals surface area contributed by atoms with Crippen molar-refractivity contribution in [2.24, 2.45) is 0 Å². The zero-order valence-electron chi connectivity index (χ0n) is 9.60. The molecule has 1 heterocycles. The maximum absolute atomic E-state index is 12.9. The molecule has 1 aromatic rings. The van der Waals surface area contributed by atoms with Gasteiger partial charge in [0.2, 0.25) is 5.91 Å². The van der Waals surface area contributed by atoms with Crippen LogP contribution in [0.1, 0.15) is 6.42 Å². The van der Waals surface area contributed by atoms with Crippen molar-refractivity contribution in [3.8, 4) is 0 Å².